The van der Waals surface area contributed by atoms with Crippen molar-refractivity contribution in [3.05, 3.63) is 65.5 Å². The van der Waals surface area contributed by atoms with Gasteiger partial charge in [0.25, 0.3) is 0 Å². The van der Waals surface area contributed by atoms with E-state index < -0.39 is 5.60 Å². The zero-order chi connectivity index (χ0) is 29.8. The number of hydrogen-bond donors (Lipinski definition) is 0. The third kappa shape index (κ3) is 6.75. The zero-order valence-electron chi connectivity index (χ0n) is 24.8. The molecule has 0 atom stereocenters. The molecule has 4 heterocycles. The number of rotatable bonds is 7. The first-order valence-electron chi connectivity index (χ1n) is 15.8. The maximum atomic E-state index is 13.3. The summed E-state index contributed by atoms with van der Waals surface area (Å²) in [6.07, 6.45) is 8.10. The number of carbonyl (C=O) groups is 3. The molecule has 1 aromatic heterocycles. The van der Waals surface area contributed by atoms with Crippen LogP contribution in [0, 0.1) is 29.1 Å². The number of ketones is 1. The monoisotopic (exact) mass is 583 g/mol. The molecule has 4 aliphatic rings. The predicted molar refractivity (Wildman–Crippen MR) is 160 cm³/mol. The van der Waals surface area contributed by atoms with E-state index >= 15 is 0 Å². The lowest BCUT2D eigenvalue weighted by Gasteiger charge is -2.37. The van der Waals surface area contributed by atoms with Gasteiger partial charge in [-0.05, 0) is 56.6 Å². The number of nitriles is 1. The van der Waals surface area contributed by atoms with Gasteiger partial charge in [0.05, 0.1) is 17.8 Å². The van der Waals surface area contributed by atoms with Crippen LogP contribution in [0.1, 0.15) is 73.0 Å². The lowest BCUT2D eigenvalue weighted by molar-refractivity contribution is -0.138. The Labute approximate surface area is 253 Å². The fourth-order valence-corrected chi connectivity index (χ4v) is 7.39. The second-order valence-corrected chi connectivity index (χ2v) is 12.9. The van der Waals surface area contributed by atoms with Crippen molar-refractivity contribution in [2.75, 3.05) is 39.3 Å². The van der Waals surface area contributed by atoms with E-state index in [0.717, 1.165) is 82.3 Å². The Kier molecular flexibility index (Phi) is 8.75. The lowest BCUT2D eigenvalue weighted by atomic mass is 9.80. The van der Waals surface area contributed by atoms with Crippen LogP contribution in [-0.4, -0.2) is 82.3 Å². The first kappa shape index (κ1) is 29.3. The van der Waals surface area contributed by atoms with Crippen molar-refractivity contribution >= 4 is 17.8 Å². The second-order valence-electron chi connectivity index (χ2n) is 12.9. The van der Waals surface area contributed by atoms with E-state index in [1.54, 1.807) is 12.3 Å². The van der Waals surface area contributed by atoms with Gasteiger partial charge in [-0.3, -0.25) is 19.5 Å². The molecule has 3 saturated heterocycles. The Morgan fingerprint density at radius 3 is 2.30 bits per heavy atom. The van der Waals surface area contributed by atoms with Gasteiger partial charge < -0.3 is 14.5 Å². The molecule has 43 heavy (non-hydrogen) atoms. The number of piperidine rings is 2. The largest absolute Gasteiger partial charge is 0.441 e. The van der Waals surface area contributed by atoms with Crippen molar-refractivity contribution < 1.29 is 19.1 Å². The van der Waals surface area contributed by atoms with E-state index in [9.17, 15) is 14.4 Å². The van der Waals surface area contributed by atoms with Gasteiger partial charge in [0, 0.05) is 75.7 Å². The summed E-state index contributed by atoms with van der Waals surface area (Å²) in [5.41, 5.74) is 1.86. The second kappa shape index (κ2) is 12.8. The number of Topliss-reactive ketones (excluding diaryl/α,β-unsaturated/α-hetero) is 1. The number of nitrogens with zero attached hydrogens (tertiary/aromatic N) is 5. The summed E-state index contributed by atoms with van der Waals surface area (Å²) >= 11 is 0. The first-order chi connectivity index (χ1) is 20.9. The summed E-state index contributed by atoms with van der Waals surface area (Å²) in [7, 11) is 0. The van der Waals surface area contributed by atoms with Crippen LogP contribution < -0.4 is 0 Å². The van der Waals surface area contributed by atoms with Gasteiger partial charge in [-0.2, -0.15) is 5.26 Å². The molecule has 226 valence electrons. The first-order valence-corrected chi connectivity index (χ1v) is 15.8. The third-order valence-electron chi connectivity index (χ3n) is 10.1. The molecule has 0 bridgehead atoms. The SMILES string of the molecule is N#Cc1ccc(CN2CCC3(CC2)CN(CC2CCC(C(=O)N4CCC(C(=O)c5ccccc5)CC4)CC2)C(=O)O3)nc1. The van der Waals surface area contributed by atoms with Crippen molar-refractivity contribution in [2.24, 2.45) is 17.8 Å². The molecule has 1 saturated carbocycles. The van der Waals surface area contributed by atoms with Crippen molar-refractivity contribution in [3.63, 3.8) is 0 Å². The van der Waals surface area contributed by atoms with Gasteiger partial charge in [0.1, 0.15) is 11.7 Å². The highest BCUT2D eigenvalue weighted by molar-refractivity contribution is 5.98. The fourth-order valence-electron chi connectivity index (χ4n) is 7.39. The minimum atomic E-state index is -0.410. The van der Waals surface area contributed by atoms with Gasteiger partial charge in [-0.15, -0.1) is 0 Å². The maximum Gasteiger partial charge on any atom is 0.410 e. The summed E-state index contributed by atoms with van der Waals surface area (Å²) in [6, 6.07) is 15.3. The van der Waals surface area contributed by atoms with Crippen LogP contribution in [0.2, 0.25) is 0 Å². The molecule has 3 aliphatic heterocycles. The quantitative estimate of drug-likeness (QED) is 0.436. The van der Waals surface area contributed by atoms with Gasteiger partial charge in [0.15, 0.2) is 5.78 Å². The normalized spacial score (nSPS) is 24.5. The topological polar surface area (TPSA) is 107 Å². The molecule has 1 aromatic carbocycles. The number of carbonyl (C=O) groups excluding carboxylic acids is 3. The molecule has 2 aromatic rings. The number of pyridine rings is 1. The van der Waals surface area contributed by atoms with Crippen LogP contribution >= 0.6 is 0 Å². The van der Waals surface area contributed by atoms with E-state index in [4.69, 9.17) is 10.00 Å². The summed E-state index contributed by atoms with van der Waals surface area (Å²) in [4.78, 5) is 49.6. The molecular weight excluding hydrogens is 542 g/mol. The smallest absolute Gasteiger partial charge is 0.410 e. The average Bonchev–Trinajstić information content (AvgIpc) is 3.36. The van der Waals surface area contributed by atoms with Crippen LogP contribution in [0.25, 0.3) is 0 Å². The van der Waals surface area contributed by atoms with E-state index in [1.807, 2.05) is 46.2 Å². The molecule has 9 nitrogen and oxygen atoms in total. The van der Waals surface area contributed by atoms with Crippen molar-refractivity contribution in [2.45, 2.75) is 63.5 Å². The minimum Gasteiger partial charge on any atom is -0.441 e. The molecule has 2 amide bonds. The lowest BCUT2D eigenvalue weighted by Crippen LogP contribution is -2.47. The Morgan fingerprint density at radius 1 is 0.930 bits per heavy atom. The standard InChI is InChI=1S/C34H41N5O4/c35-20-26-8-11-30(36-21-26)23-37-18-14-34(15-19-37)24-39(33(42)43-34)22-25-6-9-29(10-7-25)32(41)38-16-12-28(13-17-38)31(40)27-4-2-1-3-5-27/h1-5,8,11,21,25,28-29H,6-7,9-10,12-19,22-24H2. The Balaban J connectivity index is 0.919. The molecule has 1 spiro atoms. The Morgan fingerprint density at radius 2 is 1.65 bits per heavy atom. The number of benzene rings is 1. The molecule has 0 unspecified atom stereocenters. The predicted octanol–water partition coefficient (Wildman–Crippen LogP) is 4.67. The van der Waals surface area contributed by atoms with Gasteiger partial charge in [-0.25, -0.2) is 4.79 Å². The van der Waals surface area contributed by atoms with E-state index in [-0.39, 0.29) is 29.6 Å². The number of ether oxygens (including phenoxy) is 1. The van der Waals surface area contributed by atoms with Crippen LogP contribution in [0.3, 0.4) is 0 Å². The Hall–Kier alpha value is -3.77. The average molecular weight is 584 g/mol. The molecule has 6 rings (SSSR count). The zero-order valence-corrected chi connectivity index (χ0v) is 24.8. The molecule has 9 heteroatoms. The van der Waals surface area contributed by atoms with Crippen LogP contribution in [0.5, 0.6) is 0 Å². The fraction of sp³-hybridized carbons (Fsp3) is 0.559. The van der Waals surface area contributed by atoms with Gasteiger partial charge in [-0.1, -0.05) is 30.3 Å². The highest BCUT2D eigenvalue weighted by Gasteiger charge is 2.47. The molecule has 0 radical (unpaired) electrons. The maximum absolute atomic E-state index is 13.3. The molecular formula is C34H41N5O4. The number of aromatic nitrogens is 1. The van der Waals surface area contributed by atoms with Crippen molar-refractivity contribution in [1.82, 2.24) is 19.7 Å². The van der Waals surface area contributed by atoms with Gasteiger partial charge >= 0.3 is 6.09 Å². The van der Waals surface area contributed by atoms with Gasteiger partial charge in [0.2, 0.25) is 5.91 Å². The third-order valence-corrected chi connectivity index (χ3v) is 10.1. The number of hydrogen-bond acceptors (Lipinski definition) is 7. The highest BCUT2D eigenvalue weighted by Crippen LogP contribution is 2.37. The number of amides is 2. The number of likely N-dealkylation sites (tertiary alicyclic amines) is 2. The molecule has 1 aliphatic carbocycles. The van der Waals surface area contributed by atoms with Crippen LogP contribution in [-0.2, 0) is 16.1 Å². The summed E-state index contributed by atoms with van der Waals surface area (Å²) in [6.45, 7) is 5.07. The van der Waals surface area contributed by atoms with Crippen LogP contribution in [0.15, 0.2) is 48.7 Å². The van der Waals surface area contributed by atoms with E-state index in [0.29, 0.717) is 37.7 Å². The summed E-state index contributed by atoms with van der Waals surface area (Å²) < 4.78 is 5.99. The highest BCUT2D eigenvalue weighted by atomic mass is 16.6. The Bertz CT molecular complexity index is 1330. The van der Waals surface area contributed by atoms with Crippen molar-refractivity contribution in [1.29, 1.82) is 5.26 Å². The van der Waals surface area contributed by atoms with Crippen LogP contribution in [0.4, 0.5) is 4.79 Å². The van der Waals surface area contributed by atoms with E-state index in [2.05, 4.69) is 16.0 Å². The minimum absolute atomic E-state index is 0.00232. The molecule has 4 fully saturated rings. The summed E-state index contributed by atoms with van der Waals surface area (Å²) in [5.74, 6) is 0.873. The summed E-state index contributed by atoms with van der Waals surface area (Å²) in [5, 5.41) is 8.98. The molecule has 0 N–H and O–H groups in total. The van der Waals surface area contributed by atoms with Crippen molar-refractivity contribution in [3.8, 4) is 6.07 Å². The van der Waals surface area contributed by atoms with E-state index in [1.165, 1.54) is 0 Å².